The summed E-state index contributed by atoms with van der Waals surface area (Å²) in [6, 6.07) is 22.1. The lowest BCUT2D eigenvalue weighted by Crippen LogP contribution is -2.36. The molecule has 2 heterocycles. The van der Waals surface area contributed by atoms with Crippen LogP contribution >= 0.6 is 0 Å². The van der Waals surface area contributed by atoms with Gasteiger partial charge in [0.2, 0.25) is 0 Å². The summed E-state index contributed by atoms with van der Waals surface area (Å²) in [7, 11) is 0. The van der Waals surface area contributed by atoms with Gasteiger partial charge < -0.3 is 5.32 Å². The second-order valence-electron chi connectivity index (χ2n) is 5.69. The molecule has 0 radical (unpaired) electrons. The highest BCUT2D eigenvalue weighted by atomic mass is 16.2. The molecule has 1 aliphatic heterocycles. The minimum Gasteiger partial charge on any atom is -0.337 e. The Labute approximate surface area is 140 Å². The lowest BCUT2D eigenvalue weighted by atomic mass is 10.0. The number of carbonyl (C=O) groups is 1. The molecule has 0 saturated carbocycles. The standard InChI is InChI=1S/C20H17N3O/c24-20-21-13-11-18-17(12-14-23(18)20)22-19(15-7-3-1-4-8-15)16-9-5-2-6-10-16/h1-10,12,14H,11,13H2,(H,21,24). The van der Waals surface area contributed by atoms with E-state index in [2.05, 4.69) is 29.6 Å². The van der Waals surface area contributed by atoms with E-state index in [4.69, 9.17) is 4.99 Å². The predicted octanol–water partition coefficient (Wildman–Crippen LogP) is 3.77. The van der Waals surface area contributed by atoms with Gasteiger partial charge in [0.25, 0.3) is 0 Å². The maximum Gasteiger partial charge on any atom is 0.325 e. The molecular formula is C20H17N3O. The van der Waals surface area contributed by atoms with Crippen molar-refractivity contribution in [1.82, 2.24) is 9.88 Å². The Hall–Kier alpha value is -3.14. The third kappa shape index (κ3) is 2.63. The van der Waals surface area contributed by atoms with Crippen LogP contribution in [0.3, 0.4) is 0 Å². The summed E-state index contributed by atoms with van der Waals surface area (Å²) in [5, 5.41) is 2.84. The van der Waals surface area contributed by atoms with Gasteiger partial charge in [-0.3, -0.25) is 4.57 Å². The molecule has 0 saturated heterocycles. The Morgan fingerprint density at radius 3 is 2.17 bits per heavy atom. The lowest BCUT2D eigenvalue weighted by molar-refractivity contribution is 0.239. The number of nitrogens with one attached hydrogen (secondary N) is 1. The van der Waals surface area contributed by atoms with E-state index in [1.807, 2.05) is 42.5 Å². The number of aromatic nitrogens is 1. The van der Waals surface area contributed by atoms with Crippen LogP contribution in [-0.2, 0) is 6.42 Å². The summed E-state index contributed by atoms with van der Waals surface area (Å²) in [4.78, 5) is 16.9. The molecule has 0 atom stereocenters. The van der Waals surface area contributed by atoms with Crippen molar-refractivity contribution >= 4 is 17.4 Å². The minimum absolute atomic E-state index is 0.0846. The smallest absolute Gasteiger partial charge is 0.325 e. The first-order valence-corrected chi connectivity index (χ1v) is 8.01. The van der Waals surface area contributed by atoms with Gasteiger partial charge in [0, 0.05) is 30.3 Å². The zero-order valence-corrected chi connectivity index (χ0v) is 13.1. The Kier molecular flexibility index (Phi) is 3.71. The van der Waals surface area contributed by atoms with E-state index in [1.165, 1.54) is 0 Å². The number of hydrogen-bond donors (Lipinski definition) is 1. The fraction of sp³-hybridized carbons (Fsp3) is 0.100. The van der Waals surface area contributed by atoms with Crippen LogP contribution in [0.5, 0.6) is 0 Å². The molecule has 1 N–H and O–H groups in total. The van der Waals surface area contributed by atoms with Crippen LogP contribution in [0.2, 0.25) is 0 Å². The van der Waals surface area contributed by atoms with Gasteiger partial charge in [0.15, 0.2) is 0 Å². The number of nitrogens with zero attached hydrogens (tertiary/aromatic N) is 2. The Balaban J connectivity index is 1.86. The van der Waals surface area contributed by atoms with Crippen LogP contribution < -0.4 is 5.32 Å². The van der Waals surface area contributed by atoms with Gasteiger partial charge in [-0.1, -0.05) is 60.7 Å². The second kappa shape index (κ2) is 6.16. The topological polar surface area (TPSA) is 46.4 Å². The van der Waals surface area contributed by atoms with E-state index < -0.39 is 0 Å². The summed E-state index contributed by atoms with van der Waals surface area (Å²) in [6.45, 7) is 0.650. The molecule has 0 spiro atoms. The molecule has 24 heavy (non-hydrogen) atoms. The normalized spacial score (nSPS) is 13.1. The Morgan fingerprint density at radius 1 is 0.917 bits per heavy atom. The second-order valence-corrected chi connectivity index (χ2v) is 5.69. The summed E-state index contributed by atoms with van der Waals surface area (Å²) >= 11 is 0. The molecule has 0 aliphatic carbocycles. The lowest BCUT2D eigenvalue weighted by Gasteiger charge is -2.16. The number of aliphatic imine (C=N–C) groups is 1. The summed E-state index contributed by atoms with van der Waals surface area (Å²) in [5.74, 6) is 0. The van der Waals surface area contributed by atoms with E-state index >= 15 is 0 Å². The predicted molar refractivity (Wildman–Crippen MR) is 95.1 cm³/mol. The highest BCUT2D eigenvalue weighted by Gasteiger charge is 2.19. The zero-order valence-electron chi connectivity index (χ0n) is 13.1. The molecule has 4 rings (SSSR count). The average Bonchev–Trinajstić information content (AvgIpc) is 3.05. The van der Waals surface area contributed by atoms with E-state index in [0.717, 1.165) is 34.6 Å². The van der Waals surface area contributed by atoms with Crippen molar-refractivity contribution in [2.75, 3.05) is 6.54 Å². The van der Waals surface area contributed by atoms with Crippen molar-refractivity contribution in [3.05, 3.63) is 89.7 Å². The van der Waals surface area contributed by atoms with Crippen molar-refractivity contribution in [2.45, 2.75) is 6.42 Å². The summed E-state index contributed by atoms with van der Waals surface area (Å²) in [6.07, 6.45) is 2.57. The monoisotopic (exact) mass is 315 g/mol. The number of rotatable bonds is 3. The molecule has 4 nitrogen and oxygen atoms in total. The van der Waals surface area contributed by atoms with Crippen LogP contribution in [0.15, 0.2) is 77.9 Å². The maximum atomic E-state index is 11.9. The van der Waals surface area contributed by atoms with Gasteiger partial charge in [-0.2, -0.15) is 0 Å². The quantitative estimate of drug-likeness (QED) is 0.735. The molecule has 0 unspecified atom stereocenters. The number of benzene rings is 2. The third-order valence-corrected chi connectivity index (χ3v) is 4.15. The molecule has 3 aromatic rings. The van der Waals surface area contributed by atoms with Crippen LogP contribution in [0.4, 0.5) is 10.5 Å². The summed E-state index contributed by atoms with van der Waals surface area (Å²) < 4.78 is 1.65. The van der Waals surface area contributed by atoms with E-state index in [1.54, 1.807) is 10.8 Å². The minimum atomic E-state index is -0.0846. The highest BCUT2D eigenvalue weighted by Crippen LogP contribution is 2.25. The number of carbonyl (C=O) groups excluding carboxylic acids is 1. The van der Waals surface area contributed by atoms with E-state index in [0.29, 0.717) is 6.54 Å². The van der Waals surface area contributed by atoms with Gasteiger partial charge in [-0.05, 0) is 6.07 Å². The van der Waals surface area contributed by atoms with Crippen molar-refractivity contribution < 1.29 is 4.79 Å². The van der Waals surface area contributed by atoms with Gasteiger partial charge in [-0.25, -0.2) is 9.79 Å². The number of fused-ring (bicyclic) bond motifs is 1. The van der Waals surface area contributed by atoms with Gasteiger partial charge in [0.05, 0.1) is 17.1 Å². The number of amides is 1. The zero-order chi connectivity index (χ0) is 16.4. The van der Waals surface area contributed by atoms with Gasteiger partial charge >= 0.3 is 6.03 Å². The molecule has 118 valence electrons. The van der Waals surface area contributed by atoms with E-state index in [9.17, 15) is 4.79 Å². The van der Waals surface area contributed by atoms with Crippen molar-refractivity contribution in [1.29, 1.82) is 0 Å². The first-order valence-electron chi connectivity index (χ1n) is 8.01. The molecule has 1 amide bonds. The van der Waals surface area contributed by atoms with Crippen molar-refractivity contribution in [2.24, 2.45) is 4.99 Å². The number of hydrogen-bond acceptors (Lipinski definition) is 2. The van der Waals surface area contributed by atoms with Crippen LogP contribution in [0.25, 0.3) is 0 Å². The van der Waals surface area contributed by atoms with Crippen LogP contribution in [-0.4, -0.2) is 22.9 Å². The molecule has 4 heteroatoms. The van der Waals surface area contributed by atoms with Crippen LogP contribution in [0.1, 0.15) is 16.8 Å². The van der Waals surface area contributed by atoms with Crippen molar-refractivity contribution in [3.8, 4) is 0 Å². The van der Waals surface area contributed by atoms with Crippen molar-refractivity contribution in [3.63, 3.8) is 0 Å². The fourth-order valence-corrected chi connectivity index (χ4v) is 2.98. The SMILES string of the molecule is O=C1NCCc2c(N=C(c3ccccc3)c3ccccc3)ccn21. The molecule has 1 aliphatic rings. The van der Waals surface area contributed by atoms with Gasteiger partial charge in [0.1, 0.15) is 0 Å². The first-order chi connectivity index (χ1) is 11.8. The summed E-state index contributed by atoms with van der Waals surface area (Å²) in [5.41, 5.74) is 4.85. The molecule has 1 aromatic heterocycles. The maximum absolute atomic E-state index is 11.9. The Bertz CT molecular complexity index is 854. The third-order valence-electron chi connectivity index (χ3n) is 4.15. The Morgan fingerprint density at radius 2 is 1.54 bits per heavy atom. The average molecular weight is 315 g/mol. The molecule has 0 fully saturated rings. The fourth-order valence-electron chi connectivity index (χ4n) is 2.98. The molecule has 0 bridgehead atoms. The first kappa shape index (κ1) is 14.5. The van der Waals surface area contributed by atoms with E-state index in [-0.39, 0.29) is 6.03 Å². The van der Waals surface area contributed by atoms with Crippen LogP contribution in [0, 0.1) is 0 Å². The highest BCUT2D eigenvalue weighted by molar-refractivity contribution is 6.14. The molecular weight excluding hydrogens is 298 g/mol. The largest absolute Gasteiger partial charge is 0.337 e. The molecule has 2 aromatic carbocycles. The van der Waals surface area contributed by atoms with Gasteiger partial charge in [-0.15, -0.1) is 0 Å².